The maximum Gasteiger partial charge on any atom is 0.243 e. The highest BCUT2D eigenvalue weighted by atomic mass is 32.2. The third kappa shape index (κ3) is 9.04. The molecule has 0 spiro atoms. The molecule has 0 aromatic heterocycles. The fourth-order valence-corrected chi connectivity index (χ4v) is 5.33. The number of carbonyl (C=O) groups excluding carboxylic acids is 2. The molecular formula is C29H43N3O5S. The van der Waals surface area contributed by atoms with E-state index in [-0.39, 0.29) is 31.3 Å². The first-order valence-electron chi connectivity index (χ1n) is 13.0. The second-order valence-electron chi connectivity index (χ2n) is 10.8. The van der Waals surface area contributed by atoms with Crippen LogP contribution in [0.4, 0.5) is 5.69 Å². The molecule has 2 aromatic carbocycles. The summed E-state index contributed by atoms with van der Waals surface area (Å²) in [6.45, 7) is 11.8. The number of nitrogens with zero attached hydrogens (tertiary/aromatic N) is 2. The number of anilines is 1. The predicted molar refractivity (Wildman–Crippen MR) is 153 cm³/mol. The maximum absolute atomic E-state index is 13.6. The second kappa shape index (κ2) is 13.1. The number of aryl methyl sites for hydroxylation is 2. The molecule has 1 atom stereocenters. The van der Waals surface area contributed by atoms with Gasteiger partial charge in [0.25, 0.3) is 0 Å². The molecule has 0 aliphatic rings. The van der Waals surface area contributed by atoms with Crippen molar-refractivity contribution in [2.24, 2.45) is 0 Å². The quantitative estimate of drug-likeness (QED) is 0.421. The number of carbonyl (C=O) groups is 2. The molecule has 2 rings (SSSR count). The maximum atomic E-state index is 13.6. The minimum atomic E-state index is -3.56. The van der Waals surface area contributed by atoms with Crippen LogP contribution in [-0.4, -0.2) is 56.6 Å². The van der Waals surface area contributed by atoms with Crippen LogP contribution < -0.4 is 14.4 Å². The monoisotopic (exact) mass is 545 g/mol. The summed E-state index contributed by atoms with van der Waals surface area (Å²) in [6, 6.07) is 12.4. The topological polar surface area (TPSA) is 96.0 Å². The summed E-state index contributed by atoms with van der Waals surface area (Å²) in [6.07, 6.45) is 2.02. The second-order valence-corrected chi connectivity index (χ2v) is 12.7. The van der Waals surface area contributed by atoms with Crippen molar-refractivity contribution in [1.82, 2.24) is 10.2 Å². The highest BCUT2D eigenvalue weighted by molar-refractivity contribution is 7.92. The number of amides is 2. The molecule has 1 N–H and O–H groups in total. The highest BCUT2D eigenvalue weighted by Crippen LogP contribution is 2.25. The molecule has 0 heterocycles. The van der Waals surface area contributed by atoms with Crippen LogP contribution in [0.1, 0.15) is 63.6 Å². The molecule has 2 amide bonds. The minimum absolute atomic E-state index is 0.0974. The van der Waals surface area contributed by atoms with Gasteiger partial charge in [-0.2, -0.15) is 0 Å². The lowest BCUT2D eigenvalue weighted by atomic mass is 10.0. The fraction of sp³-hybridized carbons (Fsp3) is 0.517. The fourth-order valence-electron chi connectivity index (χ4n) is 4.31. The lowest BCUT2D eigenvalue weighted by Gasteiger charge is -2.33. The first-order valence-corrected chi connectivity index (χ1v) is 14.8. The average Bonchev–Trinajstić information content (AvgIpc) is 2.81. The van der Waals surface area contributed by atoms with Gasteiger partial charge in [-0.3, -0.25) is 13.9 Å². The van der Waals surface area contributed by atoms with Crippen molar-refractivity contribution < 1.29 is 22.7 Å². The highest BCUT2D eigenvalue weighted by Gasteiger charge is 2.31. The largest absolute Gasteiger partial charge is 0.497 e. The SMILES string of the molecule is CCC(C(=O)NC(C)(C)C)N(Cc1cccc(OC)c1)C(=O)CCCN(c1cc(C)ccc1C)S(C)(=O)=O. The van der Waals surface area contributed by atoms with Gasteiger partial charge in [-0.1, -0.05) is 31.2 Å². The van der Waals surface area contributed by atoms with Crippen LogP contribution in [0.2, 0.25) is 0 Å². The average molecular weight is 546 g/mol. The van der Waals surface area contributed by atoms with Crippen molar-refractivity contribution in [3.05, 3.63) is 59.2 Å². The Bertz CT molecular complexity index is 1220. The van der Waals surface area contributed by atoms with Gasteiger partial charge in [0, 0.05) is 25.0 Å². The molecular weight excluding hydrogens is 502 g/mol. The van der Waals surface area contributed by atoms with Crippen molar-refractivity contribution in [3.8, 4) is 5.75 Å². The first kappa shape index (κ1) is 31.1. The smallest absolute Gasteiger partial charge is 0.243 e. The first-order chi connectivity index (χ1) is 17.7. The predicted octanol–water partition coefficient (Wildman–Crippen LogP) is 4.58. The number of benzene rings is 2. The van der Waals surface area contributed by atoms with E-state index in [1.807, 2.05) is 84.0 Å². The molecule has 0 radical (unpaired) electrons. The van der Waals surface area contributed by atoms with Gasteiger partial charge in [0.2, 0.25) is 21.8 Å². The van der Waals surface area contributed by atoms with Crippen molar-refractivity contribution in [1.29, 1.82) is 0 Å². The van der Waals surface area contributed by atoms with E-state index in [1.54, 1.807) is 12.0 Å². The van der Waals surface area contributed by atoms with Gasteiger partial charge in [-0.15, -0.1) is 0 Å². The van der Waals surface area contributed by atoms with E-state index in [0.717, 1.165) is 16.7 Å². The zero-order chi connectivity index (χ0) is 28.7. The summed E-state index contributed by atoms with van der Waals surface area (Å²) in [5.41, 5.74) is 2.81. The number of hydrogen-bond donors (Lipinski definition) is 1. The zero-order valence-corrected chi connectivity index (χ0v) is 24.8. The van der Waals surface area contributed by atoms with E-state index in [1.165, 1.54) is 10.6 Å². The van der Waals surface area contributed by atoms with Gasteiger partial charge in [0.05, 0.1) is 19.1 Å². The summed E-state index contributed by atoms with van der Waals surface area (Å²) >= 11 is 0. The van der Waals surface area contributed by atoms with Gasteiger partial charge < -0.3 is 15.0 Å². The molecule has 0 fully saturated rings. The molecule has 8 nitrogen and oxygen atoms in total. The van der Waals surface area contributed by atoms with Gasteiger partial charge in [-0.05, 0) is 82.3 Å². The number of sulfonamides is 1. The van der Waals surface area contributed by atoms with Crippen molar-refractivity contribution in [3.63, 3.8) is 0 Å². The molecule has 9 heteroatoms. The summed E-state index contributed by atoms with van der Waals surface area (Å²) < 4.78 is 32.0. The van der Waals surface area contributed by atoms with Crippen LogP contribution in [0, 0.1) is 13.8 Å². The van der Waals surface area contributed by atoms with E-state index in [9.17, 15) is 18.0 Å². The molecule has 38 heavy (non-hydrogen) atoms. The number of methoxy groups -OCH3 is 1. The van der Waals surface area contributed by atoms with Crippen molar-refractivity contribution in [2.75, 3.05) is 24.2 Å². The molecule has 210 valence electrons. The van der Waals surface area contributed by atoms with Crippen LogP contribution in [0.15, 0.2) is 42.5 Å². The van der Waals surface area contributed by atoms with Crippen LogP contribution >= 0.6 is 0 Å². The Morgan fingerprint density at radius 2 is 1.76 bits per heavy atom. The van der Waals surface area contributed by atoms with Crippen LogP contribution in [0.5, 0.6) is 5.75 Å². The van der Waals surface area contributed by atoms with Gasteiger partial charge in [-0.25, -0.2) is 8.42 Å². The van der Waals surface area contributed by atoms with Gasteiger partial charge in [0.1, 0.15) is 11.8 Å². The van der Waals surface area contributed by atoms with Crippen molar-refractivity contribution >= 4 is 27.5 Å². The Kier molecular flexibility index (Phi) is 10.8. The summed E-state index contributed by atoms with van der Waals surface area (Å²) in [4.78, 5) is 28.4. The standard InChI is InChI=1S/C29H43N3O5S/c1-9-25(28(34)30-29(4,5)6)31(20-23-12-10-13-24(19-23)37-7)27(33)14-11-17-32(38(8,35)36)26-18-21(2)15-16-22(26)3/h10,12-13,15-16,18-19,25H,9,11,14,17,20H2,1-8H3,(H,30,34). The zero-order valence-electron chi connectivity index (χ0n) is 24.0. The molecule has 2 aromatic rings. The molecule has 1 unspecified atom stereocenters. The molecule has 0 aliphatic heterocycles. The number of ether oxygens (including phenoxy) is 1. The summed E-state index contributed by atoms with van der Waals surface area (Å²) in [5, 5.41) is 3.00. The Morgan fingerprint density at radius 1 is 1.08 bits per heavy atom. The van der Waals surface area contributed by atoms with Crippen molar-refractivity contribution in [2.45, 2.75) is 78.9 Å². The minimum Gasteiger partial charge on any atom is -0.497 e. The van der Waals surface area contributed by atoms with E-state index in [2.05, 4.69) is 5.32 Å². The Hall–Kier alpha value is -3.07. The number of hydrogen-bond acceptors (Lipinski definition) is 5. The van der Waals surface area contributed by atoms with Crippen LogP contribution in [0.3, 0.4) is 0 Å². The Labute approximate surface area is 228 Å². The number of nitrogens with one attached hydrogen (secondary N) is 1. The molecule has 0 saturated heterocycles. The third-order valence-electron chi connectivity index (χ3n) is 6.16. The van der Waals surface area contributed by atoms with Gasteiger partial charge >= 0.3 is 0 Å². The molecule has 0 aliphatic carbocycles. The molecule has 0 bridgehead atoms. The van der Waals surface area contributed by atoms with E-state index in [0.29, 0.717) is 24.3 Å². The van der Waals surface area contributed by atoms with E-state index in [4.69, 9.17) is 4.74 Å². The van der Waals surface area contributed by atoms with Gasteiger partial charge in [0.15, 0.2) is 0 Å². The Balaban J connectivity index is 2.29. The number of rotatable bonds is 12. The lowest BCUT2D eigenvalue weighted by molar-refractivity contribution is -0.142. The van der Waals surface area contributed by atoms with Crippen LogP contribution in [0.25, 0.3) is 0 Å². The third-order valence-corrected chi connectivity index (χ3v) is 7.34. The Morgan fingerprint density at radius 3 is 2.34 bits per heavy atom. The van der Waals surface area contributed by atoms with Crippen LogP contribution in [-0.2, 0) is 26.2 Å². The van der Waals surface area contributed by atoms with E-state index >= 15 is 0 Å². The molecule has 0 saturated carbocycles. The lowest BCUT2D eigenvalue weighted by Crippen LogP contribution is -2.53. The van der Waals surface area contributed by atoms with E-state index < -0.39 is 21.6 Å². The normalized spacial score (nSPS) is 12.5. The summed E-state index contributed by atoms with van der Waals surface area (Å²) in [5.74, 6) is 0.238. The summed E-state index contributed by atoms with van der Waals surface area (Å²) in [7, 11) is -1.98.